The molecule has 0 radical (unpaired) electrons. The molecule has 0 spiro atoms. The van der Waals surface area contributed by atoms with E-state index in [9.17, 15) is 5.11 Å². The highest BCUT2D eigenvalue weighted by molar-refractivity contribution is 7.17. The average molecular weight is 270 g/mol. The molecular formula is C16H14O2S. The summed E-state index contributed by atoms with van der Waals surface area (Å²) in [6, 6.07) is 15.6. The molecule has 0 amide bonds. The van der Waals surface area contributed by atoms with Crippen molar-refractivity contribution in [2.75, 3.05) is 7.11 Å². The molecule has 3 rings (SSSR count). The monoisotopic (exact) mass is 270 g/mol. The minimum absolute atomic E-state index is 0.603. The lowest BCUT2D eigenvalue weighted by atomic mass is 10.0. The lowest BCUT2D eigenvalue weighted by Crippen LogP contribution is -1.99. The molecule has 0 bridgehead atoms. The van der Waals surface area contributed by atoms with E-state index >= 15 is 0 Å². The number of rotatable bonds is 3. The molecule has 2 nitrogen and oxygen atoms in total. The number of methoxy groups -OCH3 is 1. The molecule has 0 saturated carbocycles. The second-order valence-corrected chi connectivity index (χ2v) is 5.28. The summed E-state index contributed by atoms with van der Waals surface area (Å²) in [6.45, 7) is 0. The third kappa shape index (κ3) is 2.23. The van der Waals surface area contributed by atoms with Gasteiger partial charge >= 0.3 is 0 Å². The first-order valence-corrected chi connectivity index (χ1v) is 6.95. The van der Waals surface area contributed by atoms with E-state index in [0.29, 0.717) is 0 Å². The van der Waals surface area contributed by atoms with Gasteiger partial charge in [-0.2, -0.15) is 0 Å². The fraction of sp³-hybridized carbons (Fsp3) is 0.125. The van der Waals surface area contributed by atoms with Gasteiger partial charge in [-0.25, -0.2) is 0 Å². The van der Waals surface area contributed by atoms with Crippen molar-refractivity contribution in [1.82, 2.24) is 0 Å². The fourth-order valence-electron chi connectivity index (χ4n) is 2.20. The van der Waals surface area contributed by atoms with Crippen LogP contribution in [-0.2, 0) is 0 Å². The van der Waals surface area contributed by atoms with E-state index in [1.54, 1.807) is 18.4 Å². The minimum atomic E-state index is -0.603. The van der Waals surface area contributed by atoms with Crippen molar-refractivity contribution in [1.29, 1.82) is 0 Å². The molecule has 2 aromatic carbocycles. The van der Waals surface area contributed by atoms with Crippen LogP contribution in [0.25, 0.3) is 10.1 Å². The van der Waals surface area contributed by atoms with Crippen molar-refractivity contribution in [3.05, 3.63) is 65.0 Å². The Hall–Kier alpha value is -1.84. The Balaban J connectivity index is 2.02. The van der Waals surface area contributed by atoms with Crippen LogP contribution in [0.2, 0.25) is 0 Å². The Morgan fingerprint density at radius 2 is 1.84 bits per heavy atom. The highest BCUT2D eigenvalue weighted by Gasteiger charge is 2.14. The molecule has 1 aromatic heterocycles. The molecule has 0 saturated heterocycles. The van der Waals surface area contributed by atoms with Crippen LogP contribution in [0.15, 0.2) is 53.9 Å². The quantitative estimate of drug-likeness (QED) is 0.779. The van der Waals surface area contributed by atoms with Crippen LogP contribution in [0.5, 0.6) is 5.75 Å². The molecule has 1 N–H and O–H groups in total. The van der Waals surface area contributed by atoms with Crippen LogP contribution < -0.4 is 4.74 Å². The molecule has 3 aromatic rings. The lowest BCUT2D eigenvalue weighted by Gasteiger charge is -2.13. The van der Waals surface area contributed by atoms with E-state index < -0.39 is 6.10 Å². The summed E-state index contributed by atoms with van der Waals surface area (Å²) in [5.74, 6) is 0.797. The number of fused-ring (bicyclic) bond motifs is 1. The van der Waals surface area contributed by atoms with Gasteiger partial charge in [0.25, 0.3) is 0 Å². The first-order chi connectivity index (χ1) is 9.29. The summed E-state index contributed by atoms with van der Waals surface area (Å²) in [5.41, 5.74) is 1.83. The van der Waals surface area contributed by atoms with E-state index in [1.807, 2.05) is 36.4 Å². The van der Waals surface area contributed by atoms with E-state index in [4.69, 9.17) is 4.74 Å². The molecule has 1 atom stereocenters. The lowest BCUT2D eigenvalue weighted by molar-refractivity contribution is 0.222. The number of aliphatic hydroxyl groups excluding tert-OH is 1. The summed E-state index contributed by atoms with van der Waals surface area (Å²) >= 11 is 1.66. The average Bonchev–Trinajstić information content (AvgIpc) is 2.95. The summed E-state index contributed by atoms with van der Waals surface area (Å²) in [7, 11) is 1.64. The zero-order valence-corrected chi connectivity index (χ0v) is 11.4. The molecular weight excluding hydrogens is 256 g/mol. The highest BCUT2D eigenvalue weighted by atomic mass is 32.1. The third-order valence-electron chi connectivity index (χ3n) is 3.24. The van der Waals surface area contributed by atoms with E-state index in [2.05, 4.69) is 17.5 Å². The minimum Gasteiger partial charge on any atom is -0.497 e. The van der Waals surface area contributed by atoms with E-state index in [-0.39, 0.29) is 0 Å². The predicted molar refractivity (Wildman–Crippen MR) is 78.9 cm³/mol. The summed E-state index contributed by atoms with van der Waals surface area (Å²) < 4.78 is 6.28. The molecule has 96 valence electrons. The number of aliphatic hydroxyl groups is 1. The fourth-order valence-corrected chi connectivity index (χ4v) is 3.14. The SMILES string of the molecule is COc1ccc(C(O)c2cccc3ccsc23)cc1. The van der Waals surface area contributed by atoms with Gasteiger partial charge in [0.2, 0.25) is 0 Å². The predicted octanol–water partition coefficient (Wildman–Crippen LogP) is 3.99. The van der Waals surface area contributed by atoms with Gasteiger partial charge in [0.15, 0.2) is 0 Å². The normalized spacial score (nSPS) is 12.5. The van der Waals surface area contributed by atoms with Crippen LogP contribution in [-0.4, -0.2) is 12.2 Å². The molecule has 1 heterocycles. The van der Waals surface area contributed by atoms with Gasteiger partial charge in [-0.1, -0.05) is 30.3 Å². The van der Waals surface area contributed by atoms with Crippen molar-refractivity contribution >= 4 is 21.4 Å². The zero-order chi connectivity index (χ0) is 13.2. The molecule has 0 aliphatic carbocycles. The van der Waals surface area contributed by atoms with Gasteiger partial charge in [-0.05, 0) is 34.5 Å². The molecule has 0 aliphatic heterocycles. The third-order valence-corrected chi connectivity index (χ3v) is 4.21. The van der Waals surface area contributed by atoms with Gasteiger partial charge in [0, 0.05) is 10.3 Å². The summed E-state index contributed by atoms with van der Waals surface area (Å²) in [6.07, 6.45) is -0.603. The number of ether oxygens (including phenoxy) is 1. The largest absolute Gasteiger partial charge is 0.497 e. The van der Waals surface area contributed by atoms with Gasteiger partial charge < -0.3 is 9.84 Å². The van der Waals surface area contributed by atoms with Crippen molar-refractivity contribution in [3.63, 3.8) is 0 Å². The smallest absolute Gasteiger partial charge is 0.118 e. The highest BCUT2D eigenvalue weighted by Crippen LogP contribution is 2.32. The van der Waals surface area contributed by atoms with Crippen LogP contribution in [0.3, 0.4) is 0 Å². The van der Waals surface area contributed by atoms with Crippen LogP contribution in [0.1, 0.15) is 17.2 Å². The van der Waals surface area contributed by atoms with Gasteiger partial charge in [-0.3, -0.25) is 0 Å². The first kappa shape index (κ1) is 12.2. The number of hydrogen-bond donors (Lipinski definition) is 1. The van der Waals surface area contributed by atoms with Crippen molar-refractivity contribution in [3.8, 4) is 5.75 Å². The Bertz CT molecular complexity index is 685. The Morgan fingerprint density at radius 3 is 2.58 bits per heavy atom. The maximum Gasteiger partial charge on any atom is 0.118 e. The Kier molecular flexibility index (Phi) is 3.23. The molecule has 1 unspecified atom stereocenters. The second kappa shape index (κ2) is 5.03. The van der Waals surface area contributed by atoms with Crippen molar-refractivity contribution in [2.24, 2.45) is 0 Å². The standard InChI is InChI=1S/C16H14O2S/c1-18-13-7-5-11(6-8-13)15(17)14-4-2-3-12-9-10-19-16(12)14/h2-10,15,17H,1H3. The Morgan fingerprint density at radius 1 is 1.05 bits per heavy atom. The number of benzene rings is 2. The maximum atomic E-state index is 10.5. The summed E-state index contributed by atoms with van der Waals surface area (Å²) in [4.78, 5) is 0. The molecule has 3 heteroatoms. The van der Waals surface area contributed by atoms with Gasteiger partial charge in [0.05, 0.1) is 7.11 Å². The number of thiophene rings is 1. The van der Waals surface area contributed by atoms with Crippen LogP contribution >= 0.6 is 11.3 Å². The van der Waals surface area contributed by atoms with E-state index in [1.165, 1.54) is 5.39 Å². The molecule has 19 heavy (non-hydrogen) atoms. The van der Waals surface area contributed by atoms with Crippen LogP contribution in [0.4, 0.5) is 0 Å². The maximum absolute atomic E-state index is 10.5. The Labute approximate surface area is 115 Å². The van der Waals surface area contributed by atoms with Crippen molar-refractivity contribution in [2.45, 2.75) is 6.10 Å². The zero-order valence-electron chi connectivity index (χ0n) is 10.5. The van der Waals surface area contributed by atoms with Crippen molar-refractivity contribution < 1.29 is 9.84 Å². The van der Waals surface area contributed by atoms with Gasteiger partial charge in [-0.15, -0.1) is 11.3 Å². The second-order valence-electron chi connectivity index (χ2n) is 4.36. The topological polar surface area (TPSA) is 29.5 Å². The molecule has 0 aliphatic rings. The van der Waals surface area contributed by atoms with E-state index in [0.717, 1.165) is 21.6 Å². The summed E-state index contributed by atoms with van der Waals surface area (Å²) in [5, 5.41) is 13.8. The molecule has 0 fully saturated rings. The first-order valence-electron chi connectivity index (χ1n) is 6.08. The number of hydrogen-bond acceptors (Lipinski definition) is 3. The van der Waals surface area contributed by atoms with Crippen LogP contribution in [0, 0.1) is 0 Å². The van der Waals surface area contributed by atoms with Gasteiger partial charge in [0.1, 0.15) is 11.9 Å².